The molecule has 1 heteroatoms. The molecule has 0 atom stereocenters. The SMILES string of the molecule is [O]/C=C/C=C/CCc1ccccc1. The maximum Gasteiger partial charge on any atom is 0.142 e. The molecular weight excluding hydrogens is 160 g/mol. The predicted molar refractivity (Wildman–Crippen MR) is 53.7 cm³/mol. The van der Waals surface area contributed by atoms with Crippen molar-refractivity contribution in [2.75, 3.05) is 0 Å². The Bertz CT molecular complexity index is 272. The zero-order valence-corrected chi connectivity index (χ0v) is 7.52. The van der Waals surface area contributed by atoms with Crippen molar-refractivity contribution in [3.05, 3.63) is 60.4 Å². The van der Waals surface area contributed by atoms with E-state index in [1.807, 2.05) is 24.3 Å². The van der Waals surface area contributed by atoms with Crippen molar-refractivity contribution in [2.45, 2.75) is 12.8 Å². The molecule has 0 fully saturated rings. The average Bonchev–Trinajstić information content (AvgIpc) is 2.19. The second-order valence-corrected chi connectivity index (χ2v) is 2.78. The third kappa shape index (κ3) is 4.16. The van der Waals surface area contributed by atoms with E-state index in [1.165, 1.54) is 11.6 Å². The molecule has 0 amide bonds. The molecule has 0 aliphatic rings. The van der Waals surface area contributed by atoms with Crippen LogP contribution in [0.25, 0.3) is 0 Å². The lowest BCUT2D eigenvalue weighted by Gasteiger charge is -1.95. The Morgan fingerprint density at radius 3 is 2.54 bits per heavy atom. The number of aryl methyl sites for hydroxylation is 1. The van der Waals surface area contributed by atoms with Gasteiger partial charge in [-0.3, -0.25) is 5.11 Å². The first-order chi connectivity index (χ1) is 6.43. The van der Waals surface area contributed by atoms with Crippen LogP contribution in [0, 0.1) is 0 Å². The molecule has 0 aromatic heterocycles. The number of benzene rings is 1. The van der Waals surface area contributed by atoms with Crippen LogP contribution in [0.3, 0.4) is 0 Å². The van der Waals surface area contributed by atoms with Crippen LogP contribution in [0.15, 0.2) is 54.8 Å². The molecule has 0 bridgehead atoms. The largest absolute Gasteiger partial charge is 0.299 e. The average molecular weight is 173 g/mol. The van der Waals surface area contributed by atoms with E-state index in [2.05, 4.69) is 12.1 Å². The van der Waals surface area contributed by atoms with E-state index in [0.717, 1.165) is 19.1 Å². The van der Waals surface area contributed by atoms with Crippen molar-refractivity contribution in [3.63, 3.8) is 0 Å². The minimum absolute atomic E-state index is 0.791. The van der Waals surface area contributed by atoms with Crippen LogP contribution in [-0.4, -0.2) is 0 Å². The zero-order chi connectivity index (χ0) is 9.36. The highest BCUT2D eigenvalue weighted by atomic mass is 16.2. The van der Waals surface area contributed by atoms with Crippen LogP contribution in [0.1, 0.15) is 12.0 Å². The Morgan fingerprint density at radius 1 is 1.08 bits per heavy atom. The van der Waals surface area contributed by atoms with E-state index in [0.29, 0.717) is 0 Å². The Morgan fingerprint density at radius 2 is 1.85 bits per heavy atom. The molecular formula is C12H13O. The monoisotopic (exact) mass is 173 g/mol. The maximum atomic E-state index is 9.93. The second-order valence-electron chi connectivity index (χ2n) is 2.78. The molecule has 0 saturated heterocycles. The van der Waals surface area contributed by atoms with Crippen molar-refractivity contribution >= 4 is 0 Å². The standard InChI is InChI=1S/C12H13O/c13-11-7-2-1-4-8-12-9-5-3-6-10-12/h1-3,5-7,9-11H,4,8H2/b2-1+,11-7+. The summed E-state index contributed by atoms with van der Waals surface area (Å²) in [4.78, 5) is 0. The normalized spacial score (nSPS) is 11.4. The van der Waals surface area contributed by atoms with E-state index in [4.69, 9.17) is 0 Å². The molecule has 67 valence electrons. The number of hydrogen-bond donors (Lipinski definition) is 0. The van der Waals surface area contributed by atoms with Crippen molar-refractivity contribution in [1.82, 2.24) is 0 Å². The highest BCUT2D eigenvalue weighted by Crippen LogP contribution is 2.02. The lowest BCUT2D eigenvalue weighted by molar-refractivity contribution is 0.352. The van der Waals surface area contributed by atoms with Gasteiger partial charge in [0.25, 0.3) is 0 Å². The van der Waals surface area contributed by atoms with Gasteiger partial charge in [0, 0.05) is 0 Å². The first-order valence-corrected chi connectivity index (χ1v) is 4.41. The zero-order valence-electron chi connectivity index (χ0n) is 7.52. The summed E-state index contributed by atoms with van der Waals surface area (Å²) in [5, 5.41) is 9.93. The van der Waals surface area contributed by atoms with Crippen LogP contribution in [0.5, 0.6) is 0 Å². The van der Waals surface area contributed by atoms with E-state index in [-0.39, 0.29) is 0 Å². The minimum Gasteiger partial charge on any atom is -0.299 e. The van der Waals surface area contributed by atoms with Gasteiger partial charge in [-0.25, -0.2) is 0 Å². The number of rotatable bonds is 4. The van der Waals surface area contributed by atoms with Gasteiger partial charge in [-0.15, -0.1) is 0 Å². The van der Waals surface area contributed by atoms with Gasteiger partial charge < -0.3 is 0 Å². The van der Waals surface area contributed by atoms with Crippen molar-refractivity contribution < 1.29 is 5.11 Å². The second kappa shape index (κ2) is 6.06. The molecule has 0 heterocycles. The molecule has 13 heavy (non-hydrogen) atoms. The first-order valence-electron chi connectivity index (χ1n) is 4.41. The topological polar surface area (TPSA) is 19.9 Å². The van der Waals surface area contributed by atoms with Crippen LogP contribution in [0.2, 0.25) is 0 Å². The molecule has 0 unspecified atom stereocenters. The van der Waals surface area contributed by atoms with Gasteiger partial charge >= 0.3 is 0 Å². The molecule has 0 saturated carbocycles. The van der Waals surface area contributed by atoms with Gasteiger partial charge in [0.15, 0.2) is 0 Å². The van der Waals surface area contributed by atoms with E-state index in [1.54, 1.807) is 6.08 Å². The molecule has 1 rings (SSSR count). The maximum absolute atomic E-state index is 9.93. The van der Waals surface area contributed by atoms with Crippen LogP contribution in [-0.2, 0) is 11.5 Å². The summed E-state index contributed by atoms with van der Waals surface area (Å²) in [5.41, 5.74) is 1.33. The molecule has 1 radical (unpaired) electrons. The van der Waals surface area contributed by atoms with Gasteiger partial charge in [0.1, 0.15) is 6.26 Å². The smallest absolute Gasteiger partial charge is 0.142 e. The molecule has 0 spiro atoms. The van der Waals surface area contributed by atoms with Gasteiger partial charge in [0.05, 0.1) is 0 Å². The summed E-state index contributed by atoms with van der Waals surface area (Å²) < 4.78 is 0. The summed E-state index contributed by atoms with van der Waals surface area (Å²) in [6, 6.07) is 10.3. The van der Waals surface area contributed by atoms with Gasteiger partial charge in [-0.2, -0.15) is 0 Å². The van der Waals surface area contributed by atoms with Crippen molar-refractivity contribution in [2.24, 2.45) is 0 Å². The fourth-order valence-electron chi connectivity index (χ4n) is 1.11. The summed E-state index contributed by atoms with van der Waals surface area (Å²) in [5.74, 6) is 0. The van der Waals surface area contributed by atoms with Crippen molar-refractivity contribution in [3.8, 4) is 0 Å². The van der Waals surface area contributed by atoms with E-state index < -0.39 is 0 Å². The van der Waals surface area contributed by atoms with Crippen LogP contribution in [0.4, 0.5) is 0 Å². The fourth-order valence-corrected chi connectivity index (χ4v) is 1.11. The summed E-state index contributed by atoms with van der Waals surface area (Å²) in [6.07, 6.45) is 8.10. The molecule has 0 N–H and O–H groups in total. The molecule has 1 nitrogen and oxygen atoms in total. The van der Waals surface area contributed by atoms with Gasteiger partial charge in [-0.05, 0) is 24.5 Å². The predicted octanol–water partition coefficient (Wildman–Crippen LogP) is 3.12. The molecule has 0 aliphatic carbocycles. The lowest BCUT2D eigenvalue weighted by atomic mass is 10.1. The highest BCUT2D eigenvalue weighted by Gasteiger charge is 1.86. The molecule has 1 aromatic carbocycles. The van der Waals surface area contributed by atoms with Crippen LogP contribution >= 0.6 is 0 Å². The lowest BCUT2D eigenvalue weighted by Crippen LogP contribution is -1.80. The Kier molecular flexibility index (Phi) is 4.47. The molecule has 0 aliphatic heterocycles. The highest BCUT2D eigenvalue weighted by molar-refractivity contribution is 5.15. The Balaban J connectivity index is 2.28. The Labute approximate surface area is 79.0 Å². The summed E-state index contributed by atoms with van der Waals surface area (Å²) in [6.45, 7) is 0. The molecule has 1 aromatic rings. The Hall–Kier alpha value is -1.50. The summed E-state index contributed by atoms with van der Waals surface area (Å²) in [7, 11) is 0. The first kappa shape index (κ1) is 9.59. The van der Waals surface area contributed by atoms with Crippen LogP contribution < -0.4 is 0 Å². The van der Waals surface area contributed by atoms with Crippen molar-refractivity contribution in [1.29, 1.82) is 0 Å². The third-order valence-electron chi connectivity index (χ3n) is 1.77. The fraction of sp³-hybridized carbons (Fsp3) is 0.167. The number of hydrogen-bond acceptors (Lipinski definition) is 0. The third-order valence-corrected chi connectivity index (χ3v) is 1.77. The van der Waals surface area contributed by atoms with E-state index in [9.17, 15) is 5.11 Å². The van der Waals surface area contributed by atoms with Gasteiger partial charge in [0.2, 0.25) is 0 Å². The van der Waals surface area contributed by atoms with Gasteiger partial charge in [-0.1, -0.05) is 42.5 Å². The number of allylic oxidation sites excluding steroid dienone is 3. The minimum atomic E-state index is 0.791. The quantitative estimate of drug-likeness (QED) is 0.492. The van der Waals surface area contributed by atoms with E-state index >= 15 is 0 Å². The summed E-state index contributed by atoms with van der Waals surface area (Å²) >= 11 is 0.